The summed E-state index contributed by atoms with van der Waals surface area (Å²) in [5.74, 6) is 0. The Morgan fingerprint density at radius 2 is 1.67 bits per heavy atom. The normalized spacial score (nSPS) is 16.3. The van der Waals surface area contributed by atoms with Gasteiger partial charge in [-0.3, -0.25) is 0 Å². The van der Waals surface area contributed by atoms with Crippen LogP contribution in [0.3, 0.4) is 0 Å². The van der Waals surface area contributed by atoms with E-state index < -0.39 is 12.2 Å². The summed E-state index contributed by atoms with van der Waals surface area (Å²) in [5, 5.41) is 0. The molecule has 9 heavy (non-hydrogen) atoms. The Balaban J connectivity index is 4.01. The summed E-state index contributed by atoms with van der Waals surface area (Å²) in [6.45, 7) is 0.833. The zero-order chi connectivity index (χ0) is 7.65. The lowest BCUT2D eigenvalue weighted by molar-refractivity contribution is -0.166. The second-order valence-corrected chi connectivity index (χ2v) is 2.10. The number of alkyl halides is 3. The summed E-state index contributed by atoms with van der Waals surface area (Å²) < 4.78 is 36.4. The fraction of sp³-hybridized carbons (Fsp3) is 1.00. The maximum Gasteiger partial charge on any atom is 0.335 e. The lowest BCUT2D eigenvalue weighted by atomic mass is 10.3. The molecule has 0 fully saturated rings. The van der Waals surface area contributed by atoms with Gasteiger partial charge in [-0.15, -0.1) is 0 Å². The molecule has 0 bridgehead atoms. The highest BCUT2D eigenvalue weighted by Gasteiger charge is 2.39. The molecule has 0 saturated carbocycles. The van der Waals surface area contributed by atoms with Crippen molar-refractivity contribution >= 4 is 0 Å². The Bertz CT molecular complexity index is 80.2. The van der Waals surface area contributed by atoms with E-state index in [1.54, 1.807) is 0 Å². The summed E-state index contributed by atoms with van der Waals surface area (Å²) in [5.41, 5.74) is 0. The first-order valence-electron chi connectivity index (χ1n) is 2.58. The van der Waals surface area contributed by atoms with Gasteiger partial charge >= 0.3 is 6.05 Å². The molecule has 1 atom stereocenters. The third kappa shape index (κ3) is 1.86. The van der Waals surface area contributed by atoms with Crippen LogP contribution in [0.2, 0.25) is 0 Å². The van der Waals surface area contributed by atoms with Gasteiger partial charge in [0.05, 0.1) is 0 Å². The first kappa shape index (κ1) is 8.75. The minimum atomic E-state index is -3.33. The highest BCUT2D eigenvalue weighted by molar-refractivity contribution is 4.68. The van der Waals surface area contributed by atoms with Crippen LogP contribution in [0.15, 0.2) is 0 Å². The van der Waals surface area contributed by atoms with Gasteiger partial charge in [0, 0.05) is 0 Å². The van der Waals surface area contributed by atoms with Crippen LogP contribution in [0.4, 0.5) is 13.2 Å². The third-order valence-corrected chi connectivity index (χ3v) is 1.07. The largest absolute Gasteiger partial charge is 0.335 e. The van der Waals surface area contributed by atoms with Crippen LogP contribution in [-0.4, -0.2) is 31.2 Å². The van der Waals surface area contributed by atoms with Crippen molar-refractivity contribution in [2.45, 2.75) is 19.1 Å². The second kappa shape index (κ2) is 2.56. The van der Waals surface area contributed by atoms with Gasteiger partial charge in [-0.25, -0.2) is 9.29 Å². The Hall–Kier alpha value is -0.250. The van der Waals surface area contributed by atoms with Gasteiger partial charge in [0.15, 0.2) is 6.17 Å². The Kier molecular flexibility index (Phi) is 2.49. The fourth-order valence-electron chi connectivity index (χ4n) is 0.356. The molecular weight excluding hydrogens is 131 g/mol. The van der Waals surface area contributed by atoms with Crippen molar-refractivity contribution in [3.05, 3.63) is 0 Å². The fourth-order valence-corrected chi connectivity index (χ4v) is 0.356. The quantitative estimate of drug-likeness (QED) is 0.527. The summed E-state index contributed by atoms with van der Waals surface area (Å²) in [7, 11) is 2.27. The maximum atomic E-state index is 12.2. The number of rotatable bonds is 2. The van der Waals surface area contributed by atoms with Crippen molar-refractivity contribution in [3.8, 4) is 0 Å². The van der Waals surface area contributed by atoms with Crippen molar-refractivity contribution in [2.24, 2.45) is 0 Å². The molecule has 0 heterocycles. The van der Waals surface area contributed by atoms with E-state index in [0.717, 1.165) is 21.0 Å². The Morgan fingerprint density at radius 1 is 1.33 bits per heavy atom. The highest BCUT2D eigenvalue weighted by atomic mass is 19.3. The molecule has 0 aliphatic heterocycles. The molecule has 4 heteroatoms. The van der Waals surface area contributed by atoms with E-state index in [4.69, 9.17) is 0 Å². The van der Waals surface area contributed by atoms with E-state index in [1.807, 2.05) is 0 Å². The first-order valence-corrected chi connectivity index (χ1v) is 2.58. The lowest BCUT2D eigenvalue weighted by Gasteiger charge is -2.24. The van der Waals surface area contributed by atoms with Gasteiger partial charge in [-0.2, -0.15) is 8.78 Å². The molecule has 0 aliphatic carbocycles. The SMILES string of the molecule is CC(F)C(F)(F)N(C)C. The minimum Gasteiger partial charge on any atom is -0.248 e. The summed E-state index contributed by atoms with van der Waals surface area (Å²) >= 11 is 0. The lowest BCUT2D eigenvalue weighted by Crippen LogP contribution is -2.42. The van der Waals surface area contributed by atoms with Crippen molar-refractivity contribution < 1.29 is 13.2 Å². The standard InChI is InChI=1S/C5H10F3N/c1-4(6)5(7,8)9(2)3/h4H,1-3H3. The van der Waals surface area contributed by atoms with E-state index in [0.29, 0.717) is 4.90 Å². The molecule has 56 valence electrons. The summed E-state index contributed by atoms with van der Waals surface area (Å²) in [6.07, 6.45) is -2.12. The number of hydrogen-bond donors (Lipinski definition) is 0. The molecular formula is C5H10F3N. The zero-order valence-corrected chi connectivity index (χ0v) is 5.66. The molecule has 0 rings (SSSR count). The van der Waals surface area contributed by atoms with Crippen LogP contribution in [0.1, 0.15) is 6.92 Å². The van der Waals surface area contributed by atoms with Crippen LogP contribution in [0, 0.1) is 0 Å². The first-order chi connectivity index (χ1) is 3.89. The molecule has 0 aromatic rings. The zero-order valence-electron chi connectivity index (χ0n) is 5.66. The summed E-state index contributed by atoms with van der Waals surface area (Å²) in [4.78, 5) is 0.553. The summed E-state index contributed by atoms with van der Waals surface area (Å²) in [6, 6.07) is -3.33. The van der Waals surface area contributed by atoms with Gasteiger partial charge < -0.3 is 0 Å². The van der Waals surface area contributed by atoms with Crippen molar-refractivity contribution in [2.75, 3.05) is 14.1 Å². The van der Waals surface area contributed by atoms with Crippen LogP contribution in [-0.2, 0) is 0 Å². The molecule has 1 nitrogen and oxygen atoms in total. The van der Waals surface area contributed by atoms with E-state index in [-0.39, 0.29) is 0 Å². The topological polar surface area (TPSA) is 3.24 Å². The van der Waals surface area contributed by atoms with Crippen molar-refractivity contribution in [1.82, 2.24) is 4.90 Å². The average molecular weight is 141 g/mol. The minimum absolute atomic E-state index is 0.553. The molecule has 0 aromatic heterocycles. The van der Waals surface area contributed by atoms with Crippen molar-refractivity contribution in [1.29, 1.82) is 0 Å². The average Bonchev–Trinajstić information content (AvgIpc) is 1.65. The maximum absolute atomic E-state index is 12.2. The molecule has 0 radical (unpaired) electrons. The van der Waals surface area contributed by atoms with Crippen LogP contribution in [0.5, 0.6) is 0 Å². The molecule has 0 amide bonds. The number of nitrogens with zero attached hydrogens (tertiary/aromatic N) is 1. The molecule has 0 spiro atoms. The molecule has 0 saturated heterocycles. The third-order valence-electron chi connectivity index (χ3n) is 1.07. The molecule has 0 N–H and O–H groups in total. The van der Waals surface area contributed by atoms with Gasteiger partial charge in [-0.05, 0) is 21.0 Å². The molecule has 0 aliphatic rings. The van der Waals surface area contributed by atoms with Crippen LogP contribution >= 0.6 is 0 Å². The van der Waals surface area contributed by atoms with Gasteiger partial charge in [0.25, 0.3) is 0 Å². The Morgan fingerprint density at radius 3 is 1.67 bits per heavy atom. The predicted molar refractivity (Wildman–Crippen MR) is 29.2 cm³/mol. The monoisotopic (exact) mass is 141 g/mol. The van der Waals surface area contributed by atoms with Gasteiger partial charge in [0.1, 0.15) is 0 Å². The van der Waals surface area contributed by atoms with E-state index >= 15 is 0 Å². The number of halogens is 3. The highest BCUT2D eigenvalue weighted by Crippen LogP contribution is 2.22. The van der Waals surface area contributed by atoms with Crippen LogP contribution < -0.4 is 0 Å². The van der Waals surface area contributed by atoms with Crippen molar-refractivity contribution in [3.63, 3.8) is 0 Å². The molecule has 0 aromatic carbocycles. The van der Waals surface area contributed by atoms with Gasteiger partial charge in [0.2, 0.25) is 0 Å². The van der Waals surface area contributed by atoms with Gasteiger partial charge in [-0.1, -0.05) is 0 Å². The predicted octanol–water partition coefficient (Wildman–Crippen LogP) is 1.50. The second-order valence-electron chi connectivity index (χ2n) is 2.10. The van der Waals surface area contributed by atoms with Crippen LogP contribution in [0.25, 0.3) is 0 Å². The Labute approximate surface area is 52.5 Å². The van der Waals surface area contributed by atoms with E-state index in [2.05, 4.69) is 0 Å². The van der Waals surface area contributed by atoms with E-state index in [1.165, 1.54) is 0 Å². The number of hydrogen-bond acceptors (Lipinski definition) is 1. The molecule has 1 unspecified atom stereocenters. The van der Waals surface area contributed by atoms with E-state index in [9.17, 15) is 13.2 Å². The smallest absolute Gasteiger partial charge is 0.248 e.